The molecule has 2 heterocycles. The lowest BCUT2D eigenvalue weighted by atomic mass is 9.93. The summed E-state index contributed by atoms with van der Waals surface area (Å²) in [7, 11) is 0. The quantitative estimate of drug-likeness (QED) is 0.943. The Hall–Kier alpha value is -1.27. The van der Waals surface area contributed by atoms with E-state index < -0.39 is 0 Å². The van der Waals surface area contributed by atoms with E-state index in [4.69, 9.17) is 0 Å². The summed E-state index contributed by atoms with van der Waals surface area (Å²) in [4.78, 5) is 9.02. The number of thiazole rings is 1. The van der Waals surface area contributed by atoms with E-state index in [1.54, 1.807) is 17.7 Å². The number of hydrogen-bond donors (Lipinski definition) is 1. The summed E-state index contributed by atoms with van der Waals surface area (Å²) in [5, 5.41) is 11.1. The van der Waals surface area contributed by atoms with E-state index in [-0.39, 0.29) is 11.0 Å². The number of rotatable bonds is 4. The standard InChI is InChI=1S/C15H25N5S/c1-14(2,3)11-9-21-13(18-11)8-20-10-16-12(19-20)7-17-15(4,5)6/h9-10,17H,7-8H2,1-6H3. The molecule has 0 aliphatic carbocycles. The van der Waals surface area contributed by atoms with Crippen molar-refractivity contribution < 1.29 is 0 Å². The monoisotopic (exact) mass is 307 g/mol. The van der Waals surface area contributed by atoms with Crippen LogP contribution in [-0.4, -0.2) is 25.3 Å². The van der Waals surface area contributed by atoms with Crippen molar-refractivity contribution in [3.8, 4) is 0 Å². The largest absolute Gasteiger partial charge is 0.305 e. The summed E-state index contributed by atoms with van der Waals surface area (Å²) in [5.41, 5.74) is 1.30. The maximum absolute atomic E-state index is 4.69. The van der Waals surface area contributed by atoms with Gasteiger partial charge in [0, 0.05) is 16.3 Å². The molecule has 0 saturated heterocycles. The van der Waals surface area contributed by atoms with Crippen LogP contribution in [0, 0.1) is 0 Å². The fourth-order valence-corrected chi connectivity index (χ4v) is 2.71. The molecule has 0 unspecified atom stereocenters. The third kappa shape index (κ3) is 4.89. The molecule has 0 radical (unpaired) electrons. The average Bonchev–Trinajstić information content (AvgIpc) is 2.94. The number of nitrogens with one attached hydrogen (secondary N) is 1. The van der Waals surface area contributed by atoms with Crippen molar-refractivity contribution in [2.75, 3.05) is 0 Å². The van der Waals surface area contributed by atoms with Crippen molar-refractivity contribution in [2.24, 2.45) is 0 Å². The lowest BCUT2D eigenvalue weighted by molar-refractivity contribution is 0.417. The van der Waals surface area contributed by atoms with Crippen molar-refractivity contribution >= 4 is 11.3 Å². The van der Waals surface area contributed by atoms with Gasteiger partial charge in [-0.15, -0.1) is 11.3 Å². The first-order chi connectivity index (χ1) is 9.63. The predicted molar refractivity (Wildman–Crippen MR) is 86.5 cm³/mol. The predicted octanol–water partition coefficient (Wildman–Crippen LogP) is 2.97. The highest BCUT2D eigenvalue weighted by Gasteiger charge is 2.17. The number of nitrogens with zero attached hydrogens (tertiary/aromatic N) is 4. The summed E-state index contributed by atoms with van der Waals surface area (Å²) in [6.07, 6.45) is 1.78. The van der Waals surface area contributed by atoms with E-state index >= 15 is 0 Å². The van der Waals surface area contributed by atoms with Gasteiger partial charge in [-0.25, -0.2) is 14.6 Å². The Morgan fingerprint density at radius 3 is 2.48 bits per heavy atom. The van der Waals surface area contributed by atoms with Gasteiger partial charge in [0.05, 0.1) is 18.8 Å². The van der Waals surface area contributed by atoms with E-state index in [2.05, 4.69) is 67.3 Å². The highest BCUT2D eigenvalue weighted by Crippen LogP contribution is 2.24. The van der Waals surface area contributed by atoms with Crippen LogP contribution in [0.4, 0.5) is 0 Å². The molecule has 1 N–H and O–H groups in total. The molecule has 0 aliphatic rings. The minimum atomic E-state index is 0.0718. The topological polar surface area (TPSA) is 55.6 Å². The van der Waals surface area contributed by atoms with Crippen LogP contribution in [0.25, 0.3) is 0 Å². The zero-order valence-electron chi connectivity index (χ0n) is 13.8. The second-order valence-electron chi connectivity index (χ2n) is 7.34. The van der Waals surface area contributed by atoms with Crippen LogP contribution in [0.5, 0.6) is 0 Å². The SMILES string of the molecule is CC(C)(C)NCc1ncn(Cc2nc(C(C)(C)C)cs2)n1. The van der Waals surface area contributed by atoms with E-state index in [0.29, 0.717) is 13.1 Å². The van der Waals surface area contributed by atoms with E-state index in [0.717, 1.165) is 16.5 Å². The van der Waals surface area contributed by atoms with Gasteiger partial charge >= 0.3 is 0 Å². The fraction of sp³-hybridized carbons (Fsp3) is 0.667. The normalized spacial score (nSPS) is 12.9. The third-order valence-electron chi connectivity index (χ3n) is 2.98. The molecule has 2 aromatic rings. The number of hydrogen-bond acceptors (Lipinski definition) is 5. The second kappa shape index (κ2) is 5.85. The lowest BCUT2D eigenvalue weighted by Gasteiger charge is -2.19. The zero-order chi connectivity index (χ0) is 15.7. The third-order valence-corrected chi connectivity index (χ3v) is 3.81. The van der Waals surface area contributed by atoms with E-state index in [1.807, 2.05) is 4.68 Å². The molecule has 5 nitrogen and oxygen atoms in total. The lowest BCUT2D eigenvalue weighted by Crippen LogP contribution is -2.35. The molecule has 0 atom stereocenters. The van der Waals surface area contributed by atoms with E-state index in [1.165, 1.54) is 0 Å². The van der Waals surface area contributed by atoms with Crippen LogP contribution < -0.4 is 5.32 Å². The molecule has 6 heteroatoms. The molecule has 0 spiro atoms. The average molecular weight is 307 g/mol. The Bertz CT molecular complexity index is 586. The van der Waals surface area contributed by atoms with Crippen LogP contribution in [0.1, 0.15) is 58.1 Å². The molecule has 0 fully saturated rings. The van der Waals surface area contributed by atoms with Gasteiger partial charge in [-0.05, 0) is 20.8 Å². The summed E-state index contributed by atoms with van der Waals surface area (Å²) >= 11 is 1.68. The molecule has 116 valence electrons. The van der Waals surface area contributed by atoms with Crippen LogP contribution >= 0.6 is 11.3 Å². The van der Waals surface area contributed by atoms with Gasteiger partial charge in [-0.2, -0.15) is 5.10 Å². The van der Waals surface area contributed by atoms with Gasteiger partial charge in [-0.3, -0.25) is 0 Å². The Morgan fingerprint density at radius 1 is 1.19 bits per heavy atom. The van der Waals surface area contributed by atoms with E-state index in [9.17, 15) is 0 Å². The maximum Gasteiger partial charge on any atom is 0.164 e. The van der Waals surface area contributed by atoms with Gasteiger partial charge in [0.15, 0.2) is 5.82 Å². The Labute approximate surface area is 130 Å². The summed E-state index contributed by atoms with van der Waals surface area (Å²) < 4.78 is 1.85. The van der Waals surface area contributed by atoms with Gasteiger partial charge in [0.25, 0.3) is 0 Å². The second-order valence-corrected chi connectivity index (χ2v) is 8.28. The minimum Gasteiger partial charge on any atom is -0.305 e. The summed E-state index contributed by atoms with van der Waals surface area (Å²) in [6, 6.07) is 0. The first-order valence-electron chi connectivity index (χ1n) is 7.22. The van der Waals surface area contributed by atoms with Crippen LogP contribution in [0.2, 0.25) is 0 Å². The van der Waals surface area contributed by atoms with Gasteiger partial charge in [0.2, 0.25) is 0 Å². The summed E-state index contributed by atoms with van der Waals surface area (Å²) in [6.45, 7) is 14.3. The highest BCUT2D eigenvalue weighted by atomic mass is 32.1. The molecule has 0 saturated carbocycles. The Kier molecular flexibility index (Phi) is 4.49. The molecular formula is C15H25N5S. The minimum absolute atomic E-state index is 0.0718. The highest BCUT2D eigenvalue weighted by molar-refractivity contribution is 7.09. The van der Waals surface area contributed by atoms with Gasteiger partial charge in [0.1, 0.15) is 11.3 Å². The smallest absolute Gasteiger partial charge is 0.164 e. The van der Waals surface area contributed by atoms with Crippen molar-refractivity contribution in [3.63, 3.8) is 0 Å². The van der Waals surface area contributed by atoms with Crippen LogP contribution in [0.3, 0.4) is 0 Å². The van der Waals surface area contributed by atoms with Crippen LogP contribution in [0.15, 0.2) is 11.7 Å². The molecular weight excluding hydrogens is 282 g/mol. The van der Waals surface area contributed by atoms with Gasteiger partial charge in [-0.1, -0.05) is 20.8 Å². The van der Waals surface area contributed by atoms with Crippen molar-refractivity contribution in [3.05, 3.63) is 28.2 Å². The molecule has 2 rings (SSSR count). The van der Waals surface area contributed by atoms with Gasteiger partial charge < -0.3 is 5.32 Å². The first-order valence-corrected chi connectivity index (χ1v) is 8.10. The first kappa shape index (κ1) is 16.1. The molecule has 0 amide bonds. The maximum atomic E-state index is 4.69. The van der Waals surface area contributed by atoms with Crippen molar-refractivity contribution in [2.45, 2.75) is 65.6 Å². The van der Waals surface area contributed by atoms with Crippen molar-refractivity contribution in [1.82, 2.24) is 25.1 Å². The molecule has 21 heavy (non-hydrogen) atoms. The molecule has 0 aliphatic heterocycles. The fourth-order valence-electron chi connectivity index (χ4n) is 1.70. The number of aromatic nitrogens is 4. The molecule has 0 bridgehead atoms. The van der Waals surface area contributed by atoms with Crippen molar-refractivity contribution in [1.29, 1.82) is 0 Å². The zero-order valence-corrected chi connectivity index (χ0v) is 14.6. The molecule has 0 aromatic carbocycles. The summed E-state index contributed by atoms with van der Waals surface area (Å²) in [5.74, 6) is 0.817. The molecule has 2 aromatic heterocycles. The Balaban J connectivity index is 1.98. The van der Waals surface area contributed by atoms with Crippen LogP contribution in [-0.2, 0) is 18.5 Å². The Morgan fingerprint density at radius 2 is 1.90 bits per heavy atom.